The number of halogens is 2. The van der Waals surface area contributed by atoms with Crippen molar-refractivity contribution < 1.29 is 28.6 Å². The standard InChI is InChI=1S/C27H21Br2NO6/c1-27(26(33)34-2)22-17-12-15(28)8-10-19(17)36-25(32)21(22)23(30-27)18-13-16(29)9-11-20(18)35-24(31)14-6-4-3-5-7-14/h3-13,21-23,30H,1-2H3/t21-,22+,23+,27+/m0/s1. The molecule has 1 N–H and O–H groups in total. The highest BCUT2D eigenvalue weighted by molar-refractivity contribution is 9.10. The van der Waals surface area contributed by atoms with E-state index in [4.69, 9.17) is 14.2 Å². The maximum absolute atomic E-state index is 13.4. The van der Waals surface area contributed by atoms with Crippen molar-refractivity contribution in [1.82, 2.24) is 5.32 Å². The Bertz CT molecular complexity index is 1380. The van der Waals surface area contributed by atoms with Crippen molar-refractivity contribution in [1.29, 1.82) is 0 Å². The molecule has 0 radical (unpaired) electrons. The van der Waals surface area contributed by atoms with Crippen LogP contribution in [0.2, 0.25) is 0 Å². The molecule has 0 saturated carbocycles. The van der Waals surface area contributed by atoms with Gasteiger partial charge in [0.2, 0.25) is 0 Å². The molecule has 2 aliphatic heterocycles. The van der Waals surface area contributed by atoms with Gasteiger partial charge in [-0.2, -0.15) is 0 Å². The highest BCUT2D eigenvalue weighted by Crippen LogP contribution is 2.55. The Balaban J connectivity index is 1.63. The molecule has 9 heteroatoms. The van der Waals surface area contributed by atoms with Crippen LogP contribution in [-0.2, 0) is 14.3 Å². The van der Waals surface area contributed by atoms with Crippen molar-refractivity contribution in [2.24, 2.45) is 5.92 Å². The Hall–Kier alpha value is -3.01. The number of hydrogen-bond donors (Lipinski definition) is 1. The molecular weight excluding hydrogens is 594 g/mol. The van der Waals surface area contributed by atoms with E-state index in [1.807, 2.05) is 12.1 Å². The van der Waals surface area contributed by atoms with Gasteiger partial charge in [0.15, 0.2) is 0 Å². The van der Waals surface area contributed by atoms with E-state index in [2.05, 4.69) is 37.2 Å². The van der Waals surface area contributed by atoms with Crippen LogP contribution in [0.4, 0.5) is 0 Å². The molecule has 0 unspecified atom stereocenters. The van der Waals surface area contributed by atoms with Crippen LogP contribution in [0.1, 0.15) is 40.4 Å². The summed E-state index contributed by atoms with van der Waals surface area (Å²) in [7, 11) is 1.31. The zero-order chi connectivity index (χ0) is 25.6. The first-order chi connectivity index (χ1) is 17.2. The minimum Gasteiger partial charge on any atom is -0.468 e. The van der Waals surface area contributed by atoms with Crippen LogP contribution < -0.4 is 14.8 Å². The van der Waals surface area contributed by atoms with Gasteiger partial charge in [0.25, 0.3) is 0 Å². The summed E-state index contributed by atoms with van der Waals surface area (Å²) in [6.07, 6.45) is 0. The molecule has 7 nitrogen and oxygen atoms in total. The third-order valence-electron chi connectivity index (χ3n) is 6.71. The van der Waals surface area contributed by atoms with Gasteiger partial charge in [0.1, 0.15) is 17.0 Å². The number of carbonyl (C=O) groups excluding carboxylic acids is 3. The first-order valence-corrected chi connectivity index (χ1v) is 12.8. The molecule has 1 saturated heterocycles. The van der Waals surface area contributed by atoms with Gasteiger partial charge in [-0.05, 0) is 55.5 Å². The van der Waals surface area contributed by atoms with Crippen LogP contribution in [0.5, 0.6) is 11.5 Å². The SMILES string of the molecule is COC(=O)[C@]1(C)N[C@H](c2cc(Br)ccc2OC(=O)c2ccccc2)[C@H]2C(=O)Oc3ccc(Br)cc3[C@H]21. The molecule has 36 heavy (non-hydrogen) atoms. The van der Waals surface area contributed by atoms with Crippen molar-refractivity contribution in [3.63, 3.8) is 0 Å². The number of nitrogens with one attached hydrogen (secondary N) is 1. The number of rotatable bonds is 4. The Morgan fingerprint density at radius 3 is 2.33 bits per heavy atom. The van der Waals surface area contributed by atoms with Crippen LogP contribution >= 0.6 is 31.9 Å². The Morgan fingerprint density at radius 1 is 0.972 bits per heavy atom. The average Bonchev–Trinajstić information content (AvgIpc) is 3.20. The van der Waals surface area contributed by atoms with E-state index in [0.29, 0.717) is 26.9 Å². The monoisotopic (exact) mass is 613 g/mol. The highest BCUT2D eigenvalue weighted by atomic mass is 79.9. The number of ether oxygens (including phenoxy) is 3. The van der Waals surface area contributed by atoms with Gasteiger partial charge in [-0.25, -0.2) is 4.79 Å². The topological polar surface area (TPSA) is 90.9 Å². The number of methoxy groups -OCH3 is 1. The van der Waals surface area contributed by atoms with E-state index >= 15 is 0 Å². The number of hydrogen-bond acceptors (Lipinski definition) is 7. The summed E-state index contributed by atoms with van der Waals surface area (Å²) in [5, 5.41) is 3.34. The minimum absolute atomic E-state index is 0.269. The zero-order valence-electron chi connectivity index (χ0n) is 19.3. The summed E-state index contributed by atoms with van der Waals surface area (Å²) in [5.41, 5.74) is 0.363. The van der Waals surface area contributed by atoms with E-state index in [9.17, 15) is 14.4 Å². The number of benzene rings is 3. The third-order valence-corrected chi connectivity index (χ3v) is 7.70. The van der Waals surface area contributed by atoms with E-state index in [0.717, 1.165) is 4.47 Å². The third kappa shape index (κ3) is 4.15. The molecule has 0 bridgehead atoms. The lowest BCUT2D eigenvalue weighted by Crippen LogP contribution is -2.50. The highest BCUT2D eigenvalue weighted by Gasteiger charge is 2.62. The summed E-state index contributed by atoms with van der Waals surface area (Å²) in [5.74, 6) is -2.26. The van der Waals surface area contributed by atoms with Gasteiger partial charge < -0.3 is 14.2 Å². The van der Waals surface area contributed by atoms with Gasteiger partial charge in [0.05, 0.1) is 24.6 Å². The van der Waals surface area contributed by atoms with Gasteiger partial charge >= 0.3 is 17.9 Å². The molecule has 0 aromatic heterocycles. The minimum atomic E-state index is -1.26. The van der Waals surface area contributed by atoms with E-state index in [1.54, 1.807) is 61.5 Å². The van der Waals surface area contributed by atoms with Gasteiger partial charge in [-0.3, -0.25) is 14.9 Å². The second kappa shape index (κ2) is 9.46. The summed E-state index contributed by atoms with van der Waals surface area (Å²) >= 11 is 6.97. The van der Waals surface area contributed by atoms with Gasteiger partial charge in [-0.1, -0.05) is 50.1 Å². The smallest absolute Gasteiger partial charge is 0.343 e. The Labute approximate surface area is 224 Å². The van der Waals surface area contributed by atoms with Crippen molar-refractivity contribution in [2.45, 2.75) is 24.4 Å². The molecule has 0 amide bonds. The summed E-state index contributed by atoms with van der Waals surface area (Å²) in [6, 6.07) is 18.4. The second-order valence-corrected chi connectivity index (χ2v) is 10.7. The van der Waals surface area contributed by atoms with Crippen LogP contribution in [-0.4, -0.2) is 30.6 Å². The van der Waals surface area contributed by atoms with Crippen LogP contribution in [0, 0.1) is 5.92 Å². The fraction of sp³-hybridized carbons (Fsp3) is 0.222. The number of esters is 3. The maximum Gasteiger partial charge on any atom is 0.343 e. The molecule has 2 heterocycles. The summed E-state index contributed by atoms with van der Waals surface area (Å²) in [4.78, 5) is 39.4. The lowest BCUT2D eigenvalue weighted by molar-refractivity contribution is -0.149. The quantitative estimate of drug-likeness (QED) is 0.314. The first-order valence-electron chi connectivity index (χ1n) is 11.2. The Morgan fingerprint density at radius 2 is 1.64 bits per heavy atom. The lowest BCUT2D eigenvalue weighted by atomic mass is 9.73. The second-order valence-electron chi connectivity index (χ2n) is 8.86. The van der Waals surface area contributed by atoms with Gasteiger partial charge in [-0.15, -0.1) is 0 Å². The average molecular weight is 615 g/mol. The van der Waals surface area contributed by atoms with Crippen LogP contribution in [0.3, 0.4) is 0 Å². The molecule has 184 valence electrons. The molecule has 5 rings (SSSR count). The molecule has 0 spiro atoms. The molecule has 1 fully saturated rings. The molecular formula is C27H21Br2NO6. The van der Waals surface area contributed by atoms with Crippen LogP contribution in [0.15, 0.2) is 75.7 Å². The van der Waals surface area contributed by atoms with E-state index in [-0.39, 0.29) is 5.75 Å². The molecule has 2 aliphatic rings. The normalized spacial score (nSPS) is 24.3. The molecule has 0 aliphatic carbocycles. The first kappa shape index (κ1) is 24.7. The zero-order valence-corrected chi connectivity index (χ0v) is 22.5. The fourth-order valence-electron chi connectivity index (χ4n) is 5.12. The van der Waals surface area contributed by atoms with Crippen molar-refractivity contribution in [3.8, 4) is 11.5 Å². The predicted molar refractivity (Wildman–Crippen MR) is 138 cm³/mol. The fourth-order valence-corrected chi connectivity index (χ4v) is 5.88. The predicted octanol–water partition coefficient (Wildman–Crippen LogP) is 5.33. The number of fused-ring (bicyclic) bond motifs is 3. The lowest BCUT2D eigenvalue weighted by Gasteiger charge is -2.34. The van der Waals surface area contributed by atoms with Crippen molar-refractivity contribution in [2.75, 3.05) is 7.11 Å². The molecule has 4 atom stereocenters. The van der Waals surface area contributed by atoms with E-state index < -0.39 is 41.3 Å². The van der Waals surface area contributed by atoms with E-state index in [1.165, 1.54) is 7.11 Å². The van der Waals surface area contributed by atoms with Gasteiger partial charge in [0, 0.05) is 26.0 Å². The van der Waals surface area contributed by atoms with Crippen LogP contribution in [0.25, 0.3) is 0 Å². The molecule has 3 aromatic rings. The molecule has 3 aromatic carbocycles. The summed E-state index contributed by atoms with van der Waals surface area (Å²) < 4.78 is 18.2. The van der Waals surface area contributed by atoms with Crippen molar-refractivity contribution in [3.05, 3.63) is 92.4 Å². The largest absolute Gasteiger partial charge is 0.468 e. The Kier molecular flexibility index (Phi) is 6.48. The maximum atomic E-state index is 13.4. The van der Waals surface area contributed by atoms with Crippen molar-refractivity contribution >= 4 is 49.8 Å². The summed E-state index contributed by atoms with van der Waals surface area (Å²) in [6.45, 7) is 1.72. The number of carbonyl (C=O) groups is 3.